The van der Waals surface area contributed by atoms with Crippen molar-refractivity contribution in [3.8, 4) is 34.1 Å². The standard InChI is InChI=1S/C13H12O4/c1-7-2-4-8(5-3-7)9-6-10(14)12(16)13(17)11(9)15/h2-6,14-17H,1H3. The molecule has 2 rings (SSSR count). The minimum Gasteiger partial charge on any atom is -0.504 e. The van der Waals surface area contributed by atoms with Gasteiger partial charge in [-0.2, -0.15) is 0 Å². The summed E-state index contributed by atoms with van der Waals surface area (Å²) in [6.07, 6.45) is 0. The molecular formula is C13H12O4. The Morgan fingerprint density at radius 2 is 1.35 bits per heavy atom. The molecule has 0 bridgehead atoms. The second kappa shape index (κ2) is 3.90. The monoisotopic (exact) mass is 232 g/mol. The summed E-state index contributed by atoms with van der Waals surface area (Å²) in [6, 6.07) is 8.39. The first kappa shape index (κ1) is 11.1. The number of phenols is 4. The molecule has 0 saturated carbocycles. The van der Waals surface area contributed by atoms with Crippen LogP contribution in [-0.4, -0.2) is 20.4 Å². The molecule has 2 aromatic carbocycles. The SMILES string of the molecule is Cc1ccc(-c2cc(O)c(O)c(O)c2O)cc1. The molecule has 4 N–H and O–H groups in total. The van der Waals surface area contributed by atoms with E-state index < -0.39 is 23.0 Å². The van der Waals surface area contributed by atoms with Gasteiger partial charge in [-0.15, -0.1) is 0 Å². The summed E-state index contributed by atoms with van der Waals surface area (Å²) < 4.78 is 0. The zero-order chi connectivity index (χ0) is 12.6. The van der Waals surface area contributed by atoms with Crippen LogP contribution in [0.2, 0.25) is 0 Å². The van der Waals surface area contributed by atoms with Crippen molar-refractivity contribution in [1.29, 1.82) is 0 Å². The molecule has 0 atom stereocenters. The molecule has 0 unspecified atom stereocenters. The van der Waals surface area contributed by atoms with Gasteiger partial charge in [0.05, 0.1) is 0 Å². The normalized spacial score (nSPS) is 10.4. The van der Waals surface area contributed by atoms with Crippen LogP contribution in [-0.2, 0) is 0 Å². The summed E-state index contributed by atoms with van der Waals surface area (Å²) in [5.41, 5.74) is 1.96. The molecule has 4 heteroatoms. The minimum atomic E-state index is -0.724. The van der Waals surface area contributed by atoms with Crippen LogP contribution in [0.4, 0.5) is 0 Å². The average molecular weight is 232 g/mol. The molecule has 0 amide bonds. The maximum Gasteiger partial charge on any atom is 0.204 e. The van der Waals surface area contributed by atoms with E-state index in [1.54, 1.807) is 12.1 Å². The largest absolute Gasteiger partial charge is 0.504 e. The van der Waals surface area contributed by atoms with E-state index in [0.717, 1.165) is 5.56 Å². The second-order valence-electron chi connectivity index (χ2n) is 3.86. The molecule has 0 aliphatic carbocycles. The fraction of sp³-hybridized carbons (Fsp3) is 0.0769. The lowest BCUT2D eigenvalue weighted by Gasteiger charge is -2.09. The molecule has 88 valence electrons. The molecule has 0 spiro atoms. The smallest absolute Gasteiger partial charge is 0.204 e. The summed E-state index contributed by atoms with van der Waals surface area (Å²) >= 11 is 0. The highest BCUT2D eigenvalue weighted by Gasteiger charge is 2.17. The maximum atomic E-state index is 9.70. The third-order valence-electron chi connectivity index (χ3n) is 2.59. The van der Waals surface area contributed by atoms with E-state index in [2.05, 4.69) is 0 Å². The molecule has 0 radical (unpaired) electrons. The first-order valence-corrected chi connectivity index (χ1v) is 5.04. The van der Waals surface area contributed by atoms with Gasteiger partial charge in [0, 0.05) is 5.56 Å². The van der Waals surface area contributed by atoms with E-state index in [4.69, 9.17) is 0 Å². The fourth-order valence-electron chi connectivity index (χ4n) is 1.59. The van der Waals surface area contributed by atoms with Crippen molar-refractivity contribution in [2.24, 2.45) is 0 Å². The first-order valence-electron chi connectivity index (χ1n) is 5.04. The third-order valence-corrected chi connectivity index (χ3v) is 2.59. The summed E-state index contributed by atoms with van der Waals surface area (Å²) in [5, 5.41) is 37.8. The highest BCUT2D eigenvalue weighted by Crippen LogP contribution is 2.47. The maximum absolute atomic E-state index is 9.70. The number of benzene rings is 2. The van der Waals surface area contributed by atoms with Crippen LogP contribution in [0, 0.1) is 6.92 Å². The molecule has 2 aromatic rings. The molecule has 0 aromatic heterocycles. The van der Waals surface area contributed by atoms with Gasteiger partial charge in [0.2, 0.25) is 11.5 Å². The van der Waals surface area contributed by atoms with Gasteiger partial charge in [-0.3, -0.25) is 0 Å². The third kappa shape index (κ3) is 1.85. The minimum absolute atomic E-state index is 0.262. The van der Waals surface area contributed by atoms with E-state index in [9.17, 15) is 20.4 Å². The molecule has 0 fully saturated rings. The molecule has 0 aliphatic heterocycles. The van der Waals surface area contributed by atoms with Crippen molar-refractivity contribution >= 4 is 0 Å². The first-order chi connectivity index (χ1) is 8.00. The van der Waals surface area contributed by atoms with Crippen LogP contribution in [0.3, 0.4) is 0 Å². The van der Waals surface area contributed by atoms with Crippen LogP contribution in [0.15, 0.2) is 30.3 Å². The predicted molar refractivity (Wildman–Crippen MR) is 63.3 cm³/mol. The fourth-order valence-corrected chi connectivity index (χ4v) is 1.59. The van der Waals surface area contributed by atoms with Gasteiger partial charge in [0.15, 0.2) is 11.5 Å². The number of rotatable bonds is 1. The van der Waals surface area contributed by atoms with Crippen LogP contribution in [0.5, 0.6) is 23.0 Å². The Labute approximate surface area is 98.0 Å². The summed E-state index contributed by atoms with van der Waals surface area (Å²) in [5.74, 6) is -2.38. The zero-order valence-corrected chi connectivity index (χ0v) is 9.18. The quantitative estimate of drug-likeness (QED) is 0.450. The Hall–Kier alpha value is -2.36. The molecule has 0 heterocycles. The average Bonchev–Trinajstić information content (AvgIpc) is 2.32. The van der Waals surface area contributed by atoms with E-state index in [0.29, 0.717) is 5.56 Å². The molecule has 0 saturated heterocycles. The molecular weight excluding hydrogens is 220 g/mol. The number of hydrogen-bond acceptors (Lipinski definition) is 4. The second-order valence-corrected chi connectivity index (χ2v) is 3.86. The van der Waals surface area contributed by atoms with Crippen molar-refractivity contribution in [3.63, 3.8) is 0 Å². The van der Waals surface area contributed by atoms with E-state index in [1.165, 1.54) is 6.07 Å². The number of aryl methyl sites for hydroxylation is 1. The Morgan fingerprint density at radius 3 is 1.94 bits per heavy atom. The van der Waals surface area contributed by atoms with Crippen molar-refractivity contribution < 1.29 is 20.4 Å². The lowest BCUT2D eigenvalue weighted by Crippen LogP contribution is -1.82. The van der Waals surface area contributed by atoms with Crippen LogP contribution < -0.4 is 0 Å². The Balaban J connectivity index is 2.64. The van der Waals surface area contributed by atoms with E-state index in [1.807, 2.05) is 19.1 Å². The van der Waals surface area contributed by atoms with Crippen LogP contribution in [0.1, 0.15) is 5.56 Å². The summed E-state index contributed by atoms with van der Waals surface area (Å²) in [4.78, 5) is 0. The number of aromatic hydroxyl groups is 4. The van der Waals surface area contributed by atoms with Gasteiger partial charge in [-0.05, 0) is 18.6 Å². The molecule has 17 heavy (non-hydrogen) atoms. The van der Waals surface area contributed by atoms with Crippen LogP contribution in [0.25, 0.3) is 11.1 Å². The zero-order valence-electron chi connectivity index (χ0n) is 9.18. The van der Waals surface area contributed by atoms with E-state index in [-0.39, 0.29) is 5.56 Å². The van der Waals surface area contributed by atoms with Crippen molar-refractivity contribution in [1.82, 2.24) is 0 Å². The molecule has 4 nitrogen and oxygen atoms in total. The van der Waals surface area contributed by atoms with Gasteiger partial charge in [0.25, 0.3) is 0 Å². The molecule has 0 aliphatic rings. The Kier molecular flexibility index (Phi) is 2.55. The Bertz CT molecular complexity index is 559. The van der Waals surface area contributed by atoms with Gasteiger partial charge in [0.1, 0.15) is 0 Å². The van der Waals surface area contributed by atoms with Gasteiger partial charge >= 0.3 is 0 Å². The summed E-state index contributed by atoms with van der Waals surface area (Å²) in [7, 11) is 0. The highest BCUT2D eigenvalue weighted by atomic mass is 16.3. The van der Waals surface area contributed by atoms with Gasteiger partial charge < -0.3 is 20.4 Å². The number of phenolic OH excluding ortho intramolecular Hbond substituents is 4. The van der Waals surface area contributed by atoms with Crippen molar-refractivity contribution in [3.05, 3.63) is 35.9 Å². The lowest BCUT2D eigenvalue weighted by molar-refractivity contribution is 0.347. The van der Waals surface area contributed by atoms with E-state index >= 15 is 0 Å². The highest BCUT2D eigenvalue weighted by molar-refractivity contribution is 5.78. The number of hydrogen-bond donors (Lipinski definition) is 4. The topological polar surface area (TPSA) is 80.9 Å². The lowest BCUT2D eigenvalue weighted by atomic mass is 10.0. The van der Waals surface area contributed by atoms with Gasteiger partial charge in [-0.25, -0.2) is 0 Å². The summed E-state index contributed by atoms with van der Waals surface area (Å²) in [6.45, 7) is 1.93. The van der Waals surface area contributed by atoms with Gasteiger partial charge in [-0.1, -0.05) is 29.8 Å². The predicted octanol–water partition coefficient (Wildman–Crippen LogP) is 2.48. The van der Waals surface area contributed by atoms with Crippen molar-refractivity contribution in [2.75, 3.05) is 0 Å². The Morgan fingerprint density at radius 1 is 0.765 bits per heavy atom. The van der Waals surface area contributed by atoms with Crippen LogP contribution >= 0.6 is 0 Å². The van der Waals surface area contributed by atoms with Crippen molar-refractivity contribution in [2.45, 2.75) is 6.92 Å².